The maximum Gasteiger partial charge on any atom is 0.419 e. The largest absolute Gasteiger partial charge is 0.483 e. The minimum atomic E-state index is -4.60. The van der Waals surface area contributed by atoms with Gasteiger partial charge in [-0.25, -0.2) is 4.79 Å². The van der Waals surface area contributed by atoms with Crippen LogP contribution >= 0.6 is 0 Å². The van der Waals surface area contributed by atoms with Gasteiger partial charge in [-0.3, -0.25) is 9.48 Å². The molecule has 0 fully saturated rings. The number of ether oxygens (including phenoxy) is 1. The predicted octanol–water partition coefficient (Wildman–Crippen LogP) is 2.74. The van der Waals surface area contributed by atoms with Gasteiger partial charge in [0.05, 0.1) is 17.4 Å². The molecule has 0 aliphatic carbocycles. The second-order valence-electron chi connectivity index (χ2n) is 5.87. The summed E-state index contributed by atoms with van der Waals surface area (Å²) in [7, 11) is 0. The summed E-state index contributed by atoms with van der Waals surface area (Å²) in [6.07, 6.45) is -2.07. The molecule has 2 aromatic rings. The number of nitrogens with one attached hydrogen (secondary N) is 1. The van der Waals surface area contributed by atoms with Crippen molar-refractivity contribution in [2.45, 2.75) is 25.6 Å². The topological polar surface area (TPSA) is 93.5 Å². The number of hydrogen-bond donors (Lipinski definition) is 2. The third-order valence-electron chi connectivity index (χ3n) is 3.51. The zero-order valence-electron chi connectivity index (χ0n) is 13.9. The van der Waals surface area contributed by atoms with E-state index in [1.54, 1.807) is 0 Å². The number of amides is 1. The normalized spacial score (nSPS) is 11.9. The van der Waals surface area contributed by atoms with Gasteiger partial charge in [-0.05, 0) is 26.0 Å². The first-order valence-electron chi connectivity index (χ1n) is 7.39. The Morgan fingerprint density at radius 1 is 1.27 bits per heavy atom. The number of aromatic nitrogens is 2. The third-order valence-corrected chi connectivity index (χ3v) is 3.51. The van der Waals surface area contributed by atoms with Crippen LogP contribution in [0.5, 0.6) is 5.75 Å². The molecule has 1 aromatic carbocycles. The van der Waals surface area contributed by atoms with Crippen LogP contribution in [0.25, 0.3) is 0 Å². The van der Waals surface area contributed by atoms with Crippen molar-refractivity contribution in [1.82, 2.24) is 9.78 Å². The van der Waals surface area contributed by atoms with Gasteiger partial charge in [0.25, 0.3) is 5.91 Å². The fourth-order valence-electron chi connectivity index (χ4n) is 1.96. The Morgan fingerprint density at radius 2 is 1.92 bits per heavy atom. The summed E-state index contributed by atoms with van der Waals surface area (Å²) >= 11 is 0. The highest BCUT2D eigenvalue weighted by molar-refractivity contribution is 5.91. The van der Waals surface area contributed by atoms with E-state index in [-0.39, 0.29) is 5.69 Å². The predicted molar refractivity (Wildman–Crippen MR) is 84.8 cm³/mol. The Labute approximate surface area is 146 Å². The molecule has 0 saturated carbocycles. The molecular weight excluding hydrogens is 355 g/mol. The molecule has 1 aromatic heterocycles. The second kappa shape index (κ2) is 7.06. The SMILES string of the molecule is CC(C)(C(=O)O)n1cc(NC(=O)COc2ccccc2C(F)(F)F)cn1. The van der Waals surface area contributed by atoms with Crippen LogP contribution in [-0.4, -0.2) is 33.4 Å². The van der Waals surface area contributed by atoms with Crippen molar-refractivity contribution >= 4 is 17.6 Å². The van der Waals surface area contributed by atoms with E-state index in [1.165, 1.54) is 38.4 Å². The van der Waals surface area contributed by atoms with Crippen molar-refractivity contribution in [2.75, 3.05) is 11.9 Å². The van der Waals surface area contributed by atoms with Crippen molar-refractivity contribution in [3.63, 3.8) is 0 Å². The molecule has 1 heterocycles. The average molecular weight is 371 g/mol. The van der Waals surface area contributed by atoms with Gasteiger partial charge < -0.3 is 15.2 Å². The first-order valence-corrected chi connectivity index (χ1v) is 7.39. The number of rotatable bonds is 6. The average Bonchev–Trinajstić information content (AvgIpc) is 3.01. The van der Waals surface area contributed by atoms with E-state index in [2.05, 4.69) is 10.4 Å². The number of nitrogens with zero attached hydrogens (tertiary/aromatic N) is 2. The van der Waals surface area contributed by atoms with Crippen LogP contribution in [0.1, 0.15) is 19.4 Å². The Kier molecular flexibility index (Phi) is 5.24. The number of anilines is 1. The molecule has 0 aliphatic heterocycles. The number of aliphatic carboxylic acids is 1. The number of carboxylic acid groups (broad SMARTS) is 1. The molecule has 0 aliphatic rings. The zero-order chi connectivity index (χ0) is 19.5. The summed E-state index contributed by atoms with van der Waals surface area (Å²) in [5.41, 5.74) is -2.12. The van der Waals surface area contributed by atoms with E-state index < -0.39 is 41.5 Å². The molecule has 140 valence electrons. The fraction of sp³-hybridized carbons (Fsp3) is 0.312. The number of carbonyl (C=O) groups is 2. The van der Waals surface area contributed by atoms with Gasteiger partial charge >= 0.3 is 12.1 Å². The Morgan fingerprint density at radius 3 is 2.54 bits per heavy atom. The van der Waals surface area contributed by atoms with Crippen molar-refractivity contribution in [3.8, 4) is 5.75 Å². The summed E-state index contributed by atoms with van der Waals surface area (Å²) in [5, 5.41) is 15.4. The molecule has 0 saturated heterocycles. The van der Waals surface area contributed by atoms with Crippen LogP contribution in [0, 0.1) is 0 Å². The number of alkyl halides is 3. The quantitative estimate of drug-likeness (QED) is 0.814. The van der Waals surface area contributed by atoms with E-state index in [9.17, 15) is 22.8 Å². The highest BCUT2D eigenvalue weighted by Crippen LogP contribution is 2.35. The monoisotopic (exact) mass is 371 g/mol. The van der Waals surface area contributed by atoms with Crippen LogP contribution in [0.4, 0.5) is 18.9 Å². The smallest absolute Gasteiger partial charge is 0.419 e. The molecule has 7 nitrogen and oxygen atoms in total. The number of carboxylic acids is 1. The molecule has 0 radical (unpaired) electrons. The summed E-state index contributed by atoms with van der Waals surface area (Å²) in [5.74, 6) is -2.29. The Hall–Kier alpha value is -3.04. The molecule has 26 heavy (non-hydrogen) atoms. The minimum absolute atomic E-state index is 0.192. The third kappa shape index (κ3) is 4.32. The number of hydrogen-bond acceptors (Lipinski definition) is 4. The van der Waals surface area contributed by atoms with E-state index in [1.807, 2.05) is 0 Å². The van der Waals surface area contributed by atoms with Gasteiger partial charge in [0, 0.05) is 6.20 Å². The summed E-state index contributed by atoms with van der Waals surface area (Å²) < 4.78 is 44.7. The zero-order valence-corrected chi connectivity index (χ0v) is 13.9. The van der Waals surface area contributed by atoms with Gasteiger partial charge in [0.1, 0.15) is 5.75 Å². The number of para-hydroxylation sites is 1. The lowest BCUT2D eigenvalue weighted by Crippen LogP contribution is -2.35. The van der Waals surface area contributed by atoms with Crippen molar-refractivity contribution in [3.05, 3.63) is 42.2 Å². The Bertz CT molecular complexity index is 815. The van der Waals surface area contributed by atoms with Crippen molar-refractivity contribution in [2.24, 2.45) is 0 Å². The molecule has 0 unspecified atom stereocenters. The van der Waals surface area contributed by atoms with E-state index >= 15 is 0 Å². The fourth-order valence-corrected chi connectivity index (χ4v) is 1.96. The highest BCUT2D eigenvalue weighted by atomic mass is 19.4. The number of benzene rings is 1. The van der Waals surface area contributed by atoms with E-state index in [0.717, 1.165) is 16.8 Å². The summed E-state index contributed by atoms with van der Waals surface area (Å²) in [6, 6.07) is 4.55. The van der Waals surface area contributed by atoms with Crippen LogP contribution < -0.4 is 10.1 Å². The second-order valence-corrected chi connectivity index (χ2v) is 5.87. The first-order chi connectivity index (χ1) is 12.0. The molecule has 1 amide bonds. The molecule has 0 bridgehead atoms. The number of carbonyl (C=O) groups excluding carboxylic acids is 1. The van der Waals surface area contributed by atoms with Crippen molar-refractivity contribution < 1.29 is 32.6 Å². The van der Waals surface area contributed by atoms with Gasteiger partial charge in [0.2, 0.25) is 0 Å². The standard InChI is InChI=1S/C16H16F3N3O4/c1-15(2,14(24)25)22-8-10(7-20-22)21-13(23)9-26-12-6-4-3-5-11(12)16(17,18)19/h3-8H,9H2,1-2H3,(H,21,23)(H,24,25). The van der Waals surface area contributed by atoms with Crippen LogP contribution in [0.2, 0.25) is 0 Å². The number of halogens is 3. The molecule has 10 heteroatoms. The molecule has 0 spiro atoms. The van der Waals surface area contributed by atoms with Gasteiger partial charge in [-0.1, -0.05) is 12.1 Å². The molecule has 2 N–H and O–H groups in total. The highest BCUT2D eigenvalue weighted by Gasteiger charge is 2.34. The summed E-state index contributed by atoms with van der Waals surface area (Å²) in [4.78, 5) is 23.0. The van der Waals surface area contributed by atoms with Crippen LogP contribution in [0.3, 0.4) is 0 Å². The van der Waals surface area contributed by atoms with Gasteiger partial charge in [0.15, 0.2) is 12.1 Å². The molecular formula is C16H16F3N3O4. The van der Waals surface area contributed by atoms with Crippen LogP contribution in [0.15, 0.2) is 36.7 Å². The lowest BCUT2D eigenvalue weighted by atomic mass is 10.1. The molecule has 0 atom stereocenters. The Balaban J connectivity index is 2.01. The van der Waals surface area contributed by atoms with Crippen LogP contribution in [-0.2, 0) is 21.3 Å². The maximum absolute atomic E-state index is 12.9. The summed E-state index contributed by atoms with van der Waals surface area (Å²) in [6.45, 7) is 2.19. The van der Waals surface area contributed by atoms with Gasteiger partial charge in [-0.15, -0.1) is 0 Å². The maximum atomic E-state index is 12.9. The lowest BCUT2D eigenvalue weighted by Gasteiger charge is -2.19. The minimum Gasteiger partial charge on any atom is -0.483 e. The van der Waals surface area contributed by atoms with E-state index in [4.69, 9.17) is 9.84 Å². The molecule has 2 rings (SSSR count). The van der Waals surface area contributed by atoms with Crippen molar-refractivity contribution in [1.29, 1.82) is 0 Å². The van der Waals surface area contributed by atoms with E-state index in [0.29, 0.717) is 0 Å². The lowest BCUT2D eigenvalue weighted by molar-refractivity contribution is -0.146. The first kappa shape index (κ1) is 19.3. The van der Waals surface area contributed by atoms with Gasteiger partial charge in [-0.2, -0.15) is 18.3 Å².